The average molecular weight is 316 g/mol. The van der Waals surface area contributed by atoms with E-state index in [-0.39, 0.29) is 5.69 Å². The standard InChI is InChI=1S/C14H12N4O3S/c1-17-13(12-3-2-8-21-12)15-16-14(17)22-9-10-4-6-11(7-5-10)18(19)20/h2-8H,9H2,1H3. The van der Waals surface area contributed by atoms with Gasteiger partial charge in [-0.15, -0.1) is 10.2 Å². The number of nitro groups is 1. The molecule has 0 atom stereocenters. The van der Waals surface area contributed by atoms with E-state index in [2.05, 4.69) is 10.2 Å². The Labute approximate surface area is 130 Å². The third-order valence-electron chi connectivity index (χ3n) is 3.09. The van der Waals surface area contributed by atoms with Crippen molar-refractivity contribution in [2.45, 2.75) is 10.9 Å². The molecule has 0 saturated heterocycles. The van der Waals surface area contributed by atoms with Crippen molar-refractivity contribution in [2.75, 3.05) is 0 Å². The number of hydrogen-bond donors (Lipinski definition) is 0. The summed E-state index contributed by atoms with van der Waals surface area (Å²) in [5, 5.41) is 19.6. The maximum absolute atomic E-state index is 10.6. The van der Waals surface area contributed by atoms with E-state index in [4.69, 9.17) is 4.42 Å². The second kappa shape index (κ2) is 6.02. The summed E-state index contributed by atoms with van der Waals surface area (Å²) in [5.74, 6) is 1.98. The molecule has 0 N–H and O–H groups in total. The first-order valence-corrected chi connectivity index (χ1v) is 7.43. The molecule has 0 aliphatic carbocycles. The number of nitrogens with zero attached hydrogens (tertiary/aromatic N) is 4. The molecular formula is C14H12N4O3S. The van der Waals surface area contributed by atoms with Crippen molar-refractivity contribution in [2.24, 2.45) is 7.05 Å². The molecular weight excluding hydrogens is 304 g/mol. The van der Waals surface area contributed by atoms with Gasteiger partial charge in [0.1, 0.15) is 0 Å². The van der Waals surface area contributed by atoms with Gasteiger partial charge in [0.25, 0.3) is 5.69 Å². The molecule has 2 heterocycles. The lowest BCUT2D eigenvalue weighted by molar-refractivity contribution is -0.384. The minimum Gasteiger partial charge on any atom is -0.461 e. The highest BCUT2D eigenvalue weighted by atomic mass is 32.2. The van der Waals surface area contributed by atoms with E-state index >= 15 is 0 Å². The Morgan fingerprint density at radius 1 is 1.27 bits per heavy atom. The monoisotopic (exact) mass is 316 g/mol. The van der Waals surface area contributed by atoms with Gasteiger partial charge in [0.2, 0.25) is 0 Å². The van der Waals surface area contributed by atoms with E-state index in [0.717, 1.165) is 10.7 Å². The molecule has 0 unspecified atom stereocenters. The zero-order valence-corrected chi connectivity index (χ0v) is 12.5. The van der Waals surface area contributed by atoms with E-state index in [1.807, 2.05) is 17.7 Å². The van der Waals surface area contributed by atoms with Crippen molar-refractivity contribution in [1.82, 2.24) is 14.8 Å². The SMILES string of the molecule is Cn1c(SCc2ccc([N+](=O)[O-])cc2)nnc1-c1ccco1. The van der Waals surface area contributed by atoms with E-state index in [9.17, 15) is 10.1 Å². The lowest BCUT2D eigenvalue weighted by Crippen LogP contribution is -1.94. The third-order valence-corrected chi connectivity index (χ3v) is 4.18. The fraction of sp³-hybridized carbons (Fsp3) is 0.143. The van der Waals surface area contributed by atoms with Crippen LogP contribution in [0.1, 0.15) is 5.56 Å². The number of furan rings is 1. The van der Waals surface area contributed by atoms with Crippen LogP contribution in [0.2, 0.25) is 0 Å². The number of rotatable bonds is 5. The molecule has 0 spiro atoms. The van der Waals surface area contributed by atoms with Gasteiger partial charge >= 0.3 is 0 Å². The molecule has 0 radical (unpaired) electrons. The summed E-state index contributed by atoms with van der Waals surface area (Å²) in [6.07, 6.45) is 1.59. The summed E-state index contributed by atoms with van der Waals surface area (Å²) >= 11 is 1.51. The first kappa shape index (κ1) is 14.3. The van der Waals surface area contributed by atoms with Gasteiger partial charge in [0.05, 0.1) is 11.2 Å². The van der Waals surface area contributed by atoms with Crippen LogP contribution in [0.5, 0.6) is 0 Å². The number of hydrogen-bond acceptors (Lipinski definition) is 6. The molecule has 0 fully saturated rings. The van der Waals surface area contributed by atoms with Crippen LogP contribution in [0.4, 0.5) is 5.69 Å². The number of non-ortho nitro benzene ring substituents is 1. The van der Waals surface area contributed by atoms with Crippen LogP contribution in [0.25, 0.3) is 11.6 Å². The van der Waals surface area contributed by atoms with Crippen molar-refractivity contribution >= 4 is 17.4 Å². The third kappa shape index (κ3) is 2.86. The lowest BCUT2D eigenvalue weighted by Gasteiger charge is -2.02. The lowest BCUT2D eigenvalue weighted by atomic mass is 10.2. The molecule has 0 saturated carbocycles. The molecule has 112 valence electrons. The molecule has 8 heteroatoms. The van der Waals surface area contributed by atoms with Gasteiger partial charge in [-0.05, 0) is 17.7 Å². The van der Waals surface area contributed by atoms with Crippen molar-refractivity contribution in [3.05, 3.63) is 58.3 Å². The normalized spacial score (nSPS) is 10.8. The molecule has 0 amide bonds. The van der Waals surface area contributed by atoms with Crippen LogP contribution >= 0.6 is 11.8 Å². The highest BCUT2D eigenvalue weighted by molar-refractivity contribution is 7.98. The van der Waals surface area contributed by atoms with Gasteiger partial charge in [0, 0.05) is 24.9 Å². The van der Waals surface area contributed by atoms with E-state index < -0.39 is 4.92 Å². The molecule has 2 aromatic heterocycles. The molecule has 1 aromatic carbocycles. The predicted octanol–water partition coefficient (Wildman–Crippen LogP) is 3.28. The van der Waals surface area contributed by atoms with Gasteiger partial charge in [-0.2, -0.15) is 0 Å². The second-order valence-electron chi connectivity index (χ2n) is 4.55. The van der Waals surface area contributed by atoms with Crippen LogP contribution in [0.3, 0.4) is 0 Å². The average Bonchev–Trinajstić information content (AvgIpc) is 3.15. The Balaban J connectivity index is 1.70. The molecule has 0 aliphatic rings. The fourth-order valence-corrected chi connectivity index (χ4v) is 2.79. The Bertz CT molecular complexity index is 781. The van der Waals surface area contributed by atoms with Crippen LogP contribution in [0, 0.1) is 10.1 Å². The molecule has 3 aromatic rings. The Morgan fingerprint density at radius 3 is 2.68 bits per heavy atom. The van der Waals surface area contributed by atoms with Crippen LogP contribution in [-0.4, -0.2) is 19.7 Å². The van der Waals surface area contributed by atoms with Gasteiger partial charge in [-0.1, -0.05) is 23.9 Å². The van der Waals surface area contributed by atoms with Crippen molar-refractivity contribution in [1.29, 1.82) is 0 Å². The first-order valence-electron chi connectivity index (χ1n) is 6.44. The van der Waals surface area contributed by atoms with E-state index in [1.54, 1.807) is 24.5 Å². The Morgan fingerprint density at radius 2 is 2.05 bits per heavy atom. The maximum Gasteiger partial charge on any atom is 0.269 e. The molecule has 22 heavy (non-hydrogen) atoms. The summed E-state index contributed by atoms with van der Waals surface area (Å²) < 4.78 is 7.17. The van der Waals surface area contributed by atoms with Crippen LogP contribution < -0.4 is 0 Å². The summed E-state index contributed by atoms with van der Waals surface area (Å²) in [6, 6.07) is 10.1. The van der Waals surface area contributed by atoms with E-state index in [0.29, 0.717) is 17.3 Å². The summed E-state index contributed by atoms with van der Waals surface area (Å²) in [7, 11) is 1.87. The number of nitro benzene ring substituents is 1. The number of thioether (sulfide) groups is 1. The van der Waals surface area contributed by atoms with Gasteiger partial charge < -0.3 is 8.98 Å². The molecule has 3 rings (SSSR count). The quantitative estimate of drug-likeness (QED) is 0.408. The maximum atomic E-state index is 10.6. The number of aromatic nitrogens is 3. The summed E-state index contributed by atoms with van der Waals surface area (Å²) in [6.45, 7) is 0. The Kier molecular flexibility index (Phi) is 3.92. The first-order chi connectivity index (χ1) is 10.6. The van der Waals surface area contributed by atoms with Crippen LogP contribution in [0.15, 0.2) is 52.2 Å². The minimum absolute atomic E-state index is 0.0903. The zero-order chi connectivity index (χ0) is 15.5. The van der Waals surface area contributed by atoms with Gasteiger partial charge in [-0.3, -0.25) is 10.1 Å². The van der Waals surface area contributed by atoms with Gasteiger partial charge in [0.15, 0.2) is 16.7 Å². The van der Waals surface area contributed by atoms with Crippen molar-refractivity contribution in [3.63, 3.8) is 0 Å². The van der Waals surface area contributed by atoms with Crippen LogP contribution in [-0.2, 0) is 12.8 Å². The zero-order valence-electron chi connectivity index (χ0n) is 11.7. The van der Waals surface area contributed by atoms with Crippen molar-refractivity contribution < 1.29 is 9.34 Å². The minimum atomic E-state index is -0.408. The van der Waals surface area contributed by atoms with Crippen molar-refractivity contribution in [3.8, 4) is 11.6 Å². The molecule has 0 bridgehead atoms. The molecule has 7 nitrogen and oxygen atoms in total. The highest BCUT2D eigenvalue weighted by Crippen LogP contribution is 2.26. The highest BCUT2D eigenvalue weighted by Gasteiger charge is 2.13. The smallest absolute Gasteiger partial charge is 0.269 e. The largest absolute Gasteiger partial charge is 0.461 e. The molecule has 0 aliphatic heterocycles. The predicted molar refractivity (Wildman–Crippen MR) is 81.4 cm³/mol. The summed E-state index contributed by atoms with van der Waals surface area (Å²) in [5.41, 5.74) is 1.07. The van der Waals surface area contributed by atoms with Gasteiger partial charge in [-0.25, -0.2) is 0 Å². The van der Waals surface area contributed by atoms with E-state index in [1.165, 1.54) is 23.9 Å². The fourth-order valence-electron chi connectivity index (χ4n) is 1.92. The summed E-state index contributed by atoms with van der Waals surface area (Å²) in [4.78, 5) is 10.2. The number of benzene rings is 1. The topological polar surface area (TPSA) is 87.0 Å². The Hall–Kier alpha value is -2.61. The second-order valence-corrected chi connectivity index (χ2v) is 5.50.